The molecular formula is C27H25F8NO5S. The number of sulfone groups is 1. The Kier molecular flexibility index (Phi) is 7.58. The first-order valence-corrected chi connectivity index (χ1v) is 14.1. The summed E-state index contributed by atoms with van der Waals surface area (Å²) < 4.78 is 136. The van der Waals surface area contributed by atoms with E-state index in [0.29, 0.717) is 12.1 Å². The van der Waals surface area contributed by atoms with Gasteiger partial charge in [-0.1, -0.05) is 18.2 Å². The zero-order valence-electron chi connectivity index (χ0n) is 22.0. The van der Waals surface area contributed by atoms with Crippen molar-refractivity contribution in [2.24, 2.45) is 11.8 Å². The molecule has 0 saturated heterocycles. The average Bonchev–Trinajstić information content (AvgIpc) is 3.21. The van der Waals surface area contributed by atoms with Crippen LogP contribution in [0.4, 0.5) is 35.1 Å². The second-order valence-corrected chi connectivity index (χ2v) is 13.2. The molecule has 0 aromatic heterocycles. The van der Waals surface area contributed by atoms with Gasteiger partial charge < -0.3 is 15.2 Å². The molecule has 0 radical (unpaired) electrons. The molecule has 2 N–H and O–H groups in total. The number of amides is 1. The van der Waals surface area contributed by atoms with Gasteiger partial charge in [0.25, 0.3) is 5.91 Å². The van der Waals surface area contributed by atoms with Gasteiger partial charge in [-0.05, 0) is 68.5 Å². The van der Waals surface area contributed by atoms with Crippen LogP contribution in [-0.2, 0) is 36.3 Å². The van der Waals surface area contributed by atoms with Crippen molar-refractivity contribution in [1.82, 2.24) is 5.32 Å². The summed E-state index contributed by atoms with van der Waals surface area (Å²) in [5.74, 6) is -4.42. The molecule has 6 nitrogen and oxygen atoms in total. The monoisotopic (exact) mass is 627 g/mol. The number of benzene rings is 2. The smallest absolute Gasteiger partial charge is 0.381 e. The van der Waals surface area contributed by atoms with E-state index in [0.717, 1.165) is 38.1 Å². The standard InChI is InChI=1S/C27H25F8NO5S/c1-23(2,39)22(38)36-21-12-16(13-37)24(42(40,41)18-7-5-17(28)6-8-18)19-10-4-15(11-14(19)3-9-20(21)24)25(29,26(30,31)32)27(33,34)35/h4-8,10-11,13,16,20-21,39H,3,9,12H2,1-2H3,(H,36,38)/t16?,20-,21+,24-/m0/s1. The van der Waals surface area contributed by atoms with Crippen molar-refractivity contribution < 1.29 is 58.2 Å². The Morgan fingerprint density at radius 2 is 1.57 bits per heavy atom. The summed E-state index contributed by atoms with van der Waals surface area (Å²) in [6.07, 6.45) is -13.5. The van der Waals surface area contributed by atoms with E-state index in [4.69, 9.17) is 0 Å². The molecule has 4 rings (SSSR count). The van der Waals surface area contributed by atoms with E-state index in [2.05, 4.69) is 5.32 Å². The van der Waals surface area contributed by atoms with Crippen LogP contribution in [0.25, 0.3) is 0 Å². The molecule has 230 valence electrons. The largest absolute Gasteiger partial charge is 0.435 e. The maximum absolute atomic E-state index is 14.9. The number of aryl methyl sites for hydroxylation is 1. The number of aliphatic hydroxyl groups is 1. The number of halogens is 8. The van der Waals surface area contributed by atoms with Gasteiger partial charge in [0.2, 0.25) is 0 Å². The number of rotatable bonds is 6. The van der Waals surface area contributed by atoms with Gasteiger partial charge in [0.15, 0.2) is 9.84 Å². The predicted molar refractivity (Wildman–Crippen MR) is 131 cm³/mol. The second kappa shape index (κ2) is 10.00. The number of fused-ring (bicyclic) bond motifs is 3. The lowest BCUT2D eigenvalue weighted by molar-refractivity contribution is -0.348. The van der Waals surface area contributed by atoms with Crippen LogP contribution in [-0.4, -0.2) is 49.7 Å². The van der Waals surface area contributed by atoms with Crippen molar-refractivity contribution in [3.63, 3.8) is 0 Å². The van der Waals surface area contributed by atoms with Gasteiger partial charge in [0, 0.05) is 23.4 Å². The lowest BCUT2D eigenvalue weighted by Gasteiger charge is -2.44. The van der Waals surface area contributed by atoms with Crippen LogP contribution >= 0.6 is 0 Å². The highest BCUT2D eigenvalue weighted by molar-refractivity contribution is 7.92. The molecule has 0 bridgehead atoms. The van der Waals surface area contributed by atoms with Crippen LogP contribution < -0.4 is 5.32 Å². The molecule has 0 aliphatic heterocycles. The molecule has 0 spiro atoms. The molecule has 42 heavy (non-hydrogen) atoms. The summed E-state index contributed by atoms with van der Waals surface area (Å²) in [5, 5.41) is 12.7. The van der Waals surface area contributed by atoms with E-state index >= 15 is 0 Å². The zero-order valence-corrected chi connectivity index (χ0v) is 22.8. The highest BCUT2D eigenvalue weighted by Crippen LogP contribution is 2.60. The highest BCUT2D eigenvalue weighted by atomic mass is 32.2. The Bertz CT molecular complexity index is 1480. The maximum atomic E-state index is 14.9. The fraction of sp³-hybridized carbons (Fsp3) is 0.481. The minimum Gasteiger partial charge on any atom is -0.381 e. The summed E-state index contributed by atoms with van der Waals surface area (Å²) in [5.41, 5.74) is -10.2. The molecular weight excluding hydrogens is 602 g/mol. The van der Waals surface area contributed by atoms with Crippen molar-refractivity contribution in [1.29, 1.82) is 0 Å². The SMILES string of the molecule is CC(C)(O)C(=O)N[C@@H]1CC(C=O)[C@]2(S(=O)(=O)c3ccc(F)cc3)c3ccc(C(F)(C(F)(F)F)C(F)(F)F)cc3CC[C@@H]12. The lowest BCUT2D eigenvalue weighted by Crippen LogP contribution is -2.54. The van der Waals surface area contributed by atoms with Gasteiger partial charge in [-0.2, -0.15) is 26.3 Å². The highest BCUT2D eigenvalue weighted by Gasteiger charge is 2.74. The molecule has 1 fully saturated rings. The summed E-state index contributed by atoms with van der Waals surface area (Å²) in [6.45, 7) is 2.30. The van der Waals surface area contributed by atoms with Crippen LogP contribution in [0, 0.1) is 17.7 Å². The number of nitrogens with one attached hydrogen (secondary N) is 1. The van der Waals surface area contributed by atoms with E-state index in [1.54, 1.807) is 0 Å². The van der Waals surface area contributed by atoms with E-state index in [-0.39, 0.29) is 42.7 Å². The van der Waals surface area contributed by atoms with Gasteiger partial charge in [0.05, 0.1) is 4.90 Å². The number of hydrogen-bond acceptors (Lipinski definition) is 5. The third-order valence-corrected chi connectivity index (χ3v) is 10.7. The van der Waals surface area contributed by atoms with Crippen molar-refractivity contribution in [3.05, 3.63) is 65.0 Å². The first-order valence-electron chi connectivity index (χ1n) is 12.6. The van der Waals surface area contributed by atoms with Gasteiger partial charge >= 0.3 is 18.0 Å². The molecule has 2 aromatic rings. The summed E-state index contributed by atoms with van der Waals surface area (Å²) >= 11 is 0. The number of aldehydes is 1. The zero-order chi connectivity index (χ0) is 31.7. The predicted octanol–water partition coefficient (Wildman–Crippen LogP) is 4.82. The molecule has 2 aromatic carbocycles. The summed E-state index contributed by atoms with van der Waals surface area (Å²) in [7, 11) is -4.81. The Labute approximate surface area is 235 Å². The quantitative estimate of drug-likeness (QED) is 0.272. The van der Waals surface area contributed by atoms with Crippen molar-refractivity contribution in [3.8, 4) is 0 Å². The number of alkyl halides is 7. The van der Waals surface area contributed by atoms with Crippen molar-refractivity contribution >= 4 is 22.0 Å². The lowest BCUT2D eigenvalue weighted by atomic mass is 9.71. The van der Waals surface area contributed by atoms with E-state index in [1.165, 1.54) is 0 Å². The summed E-state index contributed by atoms with van der Waals surface area (Å²) in [4.78, 5) is 24.6. The molecule has 1 amide bonds. The van der Waals surface area contributed by atoms with Gasteiger partial charge in [0.1, 0.15) is 22.5 Å². The van der Waals surface area contributed by atoms with Crippen LogP contribution in [0.3, 0.4) is 0 Å². The van der Waals surface area contributed by atoms with Crippen LogP contribution in [0.2, 0.25) is 0 Å². The normalized spacial score (nSPS) is 25.0. The average molecular weight is 628 g/mol. The molecule has 2 aliphatic rings. The topological polar surface area (TPSA) is 101 Å². The minimum atomic E-state index is -6.42. The van der Waals surface area contributed by atoms with E-state index in [9.17, 15) is 58.2 Å². The fourth-order valence-corrected chi connectivity index (χ4v) is 8.81. The first-order chi connectivity index (χ1) is 19.1. The molecule has 0 heterocycles. The van der Waals surface area contributed by atoms with E-state index in [1.807, 2.05) is 0 Å². The number of carbonyl (C=O) groups is 2. The van der Waals surface area contributed by atoms with Crippen LogP contribution in [0.1, 0.15) is 43.4 Å². The second-order valence-electron chi connectivity index (χ2n) is 11.0. The molecule has 15 heteroatoms. The van der Waals surface area contributed by atoms with Crippen LogP contribution in [0.15, 0.2) is 47.4 Å². The van der Waals surface area contributed by atoms with Gasteiger partial charge in [-0.25, -0.2) is 17.2 Å². The third kappa shape index (κ3) is 4.59. The van der Waals surface area contributed by atoms with Crippen LogP contribution in [0.5, 0.6) is 0 Å². The number of carbonyl (C=O) groups excluding carboxylic acids is 2. The van der Waals surface area contributed by atoms with Crippen molar-refractivity contribution in [2.45, 2.75) is 72.4 Å². The Hall–Kier alpha value is -3.07. The van der Waals surface area contributed by atoms with Crippen molar-refractivity contribution in [2.75, 3.05) is 0 Å². The maximum Gasteiger partial charge on any atom is 0.435 e. The Morgan fingerprint density at radius 1 is 1.00 bits per heavy atom. The summed E-state index contributed by atoms with van der Waals surface area (Å²) in [6, 6.07) is 3.45. The first kappa shape index (κ1) is 31.9. The van der Waals surface area contributed by atoms with Gasteiger partial charge in [-0.3, -0.25) is 4.79 Å². The fourth-order valence-electron chi connectivity index (χ4n) is 6.21. The molecule has 4 atom stereocenters. The number of hydrogen-bond donors (Lipinski definition) is 2. The Balaban J connectivity index is 2.01. The van der Waals surface area contributed by atoms with E-state index < -0.39 is 78.3 Å². The van der Waals surface area contributed by atoms with Gasteiger partial charge in [-0.15, -0.1) is 0 Å². The Morgan fingerprint density at radius 3 is 2.07 bits per heavy atom. The molecule has 2 aliphatic carbocycles. The molecule has 1 saturated carbocycles. The molecule has 1 unspecified atom stereocenters. The third-order valence-electron chi connectivity index (χ3n) is 8.13. The minimum absolute atomic E-state index is 0.189.